The molecule has 1 unspecified atom stereocenters. The first-order valence-corrected chi connectivity index (χ1v) is 4.71. The zero-order valence-electron chi connectivity index (χ0n) is 8.95. The van der Waals surface area contributed by atoms with E-state index in [1.165, 1.54) is 0 Å². The number of methoxy groups -OCH3 is 2. The van der Waals surface area contributed by atoms with Gasteiger partial charge in [0, 0.05) is 27.1 Å². The number of hydrogen-bond acceptors (Lipinski definition) is 4. The normalized spacial score (nSPS) is 20.5. The Morgan fingerprint density at radius 2 is 2.21 bits per heavy atom. The molecule has 1 N–H and O–H groups in total. The molecule has 4 nitrogen and oxygen atoms in total. The van der Waals surface area contributed by atoms with E-state index in [0.717, 1.165) is 6.42 Å². The predicted molar refractivity (Wildman–Crippen MR) is 51.7 cm³/mol. The molecule has 1 aliphatic rings. The number of ether oxygens (including phenoxy) is 3. The highest BCUT2D eigenvalue weighted by Crippen LogP contribution is 2.27. The van der Waals surface area contributed by atoms with Crippen LogP contribution in [0.2, 0.25) is 0 Å². The topological polar surface area (TPSA) is 47.9 Å². The zero-order valence-corrected chi connectivity index (χ0v) is 8.95. The van der Waals surface area contributed by atoms with Crippen molar-refractivity contribution in [3.63, 3.8) is 0 Å². The van der Waals surface area contributed by atoms with Crippen LogP contribution in [0.4, 0.5) is 0 Å². The number of rotatable bonds is 5. The van der Waals surface area contributed by atoms with Crippen LogP contribution in [0.5, 0.6) is 0 Å². The summed E-state index contributed by atoms with van der Waals surface area (Å²) in [5, 5.41) is 10.1. The molecular weight excluding hydrogens is 184 g/mol. The van der Waals surface area contributed by atoms with Crippen molar-refractivity contribution in [2.75, 3.05) is 20.8 Å². The van der Waals surface area contributed by atoms with Gasteiger partial charge < -0.3 is 19.3 Å². The lowest BCUT2D eigenvalue weighted by atomic mass is 9.99. The average Bonchev–Trinajstić information content (AvgIpc) is 2.67. The maximum Gasteiger partial charge on any atom is 0.160 e. The maximum absolute atomic E-state index is 10.1. The smallest absolute Gasteiger partial charge is 0.160 e. The fourth-order valence-electron chi connectivity index (χ4n) is 1.48. The Bertz CT molecular complexity index is 206. The van der Waals surface area contributed by atoms with Crippen LogP contribution in [0.1, 0.15) is 19.8 Å². The minimum absolute atomic E-state index is 0.367. The van der Waals surface area contributed by atoms with Crippen LogP contribution in [0.15, 0.2) is 11.8 Å². The molecule has 1 atom stereocenters. The first-order chi connectivity index (χ1) is 6.60. The van der Waals surface area contributed by atoms with Crippen molar-refractivity contribution < 1.29 is 19.3 Å². The highest BCUT2D eigenvalue weighted by Gasteiger charge is 2.32. The number of aliphatic hydroxyl groups is 1. The van der Waals surface area contributed by atoms with Crippen LogP contribution in [0.25, 0.3) is 0 Å². The van der Waals surface area contributed by atoms with E-state index in [2.05, 4.69) is 0 Å². The van der Waals surface area contributed by atoms with Gasteiger partial charge in [-0.1, -0.05) is 0 Å². The summed E-state index contributed by atoms with van der Waals surface area (Å²) in [7, 11) is 3.10. The van der Waals surface area contributed by atoms with Gasteiger partial charge in [-0.25, -0.2) is 0 Å². The second-order valence-electron chi connectivity index (χ2n) is 3.58. The van der Waals surface area contributed by atoms with Gasteiger partial charge in [-0.05, 0) is 13.0 Å². The molecule has 0 aromatic rings. The fourth-order valence-corrected chi connectivity index (χ4v) is 1.48. The summed E-state index contributed by atoms with van der Waals surface area (Å²) in [6.45, 7) is 2.35. The second kappa shape index (κ2) is 4.77. The summed E-state index contributed by atoms with van der Waals surface area (Å²) in [5.74, 6) is 0.622. The van der Waals surface area contributed by atoms with Crippen molar-refractivity contribution in [3.8, 4) is 0 Å². The molecule has 0 saturated heterocycles. The Morgan fingerprint density at radius 3 is 2.64 bits per heavy atom. The molecule has 0 spiro atoms. The molecule has 1 heterocycles. The monoisotopic (exact) mass is 202 g/mol. The minimum atomic E-state index is -1.01. The molecule has 82 valence electrons. The van der Waals surface area contributed by atoms with Gasteiger partial charge in [0.05, 0.1) is 6.61 Å². The van der Waals surface area contributed by atoms with Gasteiger partial charge in [-0.2, -0.15) is 0 Å². The standard InChI is InChI=1S/C10H18O4/c1-10(11,7-9(12-2)13-3)8-5-4-6-14-8/h5,9,11H,4,6-7H2,1-3H3. The average molecular weight is 202 g/mol. The lowest BCUT2D eigenvalue weighted by Crippen LogP contribution is -2.34. The minimum Gasteiger partial charge on any atom is -0.495 e. The summed E-state index contributed by atoms with van der Waals surface area (Å²) < 4.78 is 15.4. The molecule has 0 saturated carbocycles. The van der Waals surface area contributed by atoms with Gasteiger partial charge in [-0.3, -0.25) is 0 Å². The third kappa shape index (κ3) is 2.70. The van der Waals surface area contributed by atoms with Crippen molar-refractivity contribution in [1.82, 2.24) is 0 Å². The predicted octanol–water partition coefficient (Wildman–Crippen LogP) is 1.05. The molecule has 0 bridgehead atoms. The van der Waals surface area contributed by atoms with Gasteiger partial charge in [0.25, 0.3) is 0 Å². The molecule has 0 aliphatic carbocycles. The van der Waals surface area contributed by atoms with E-state index in [-0.39, 0.29) is 0 Å². The Balaban J connectivity index is 2.55. The SMILES string of the molecule is COC(CC(C)(O)C1=CCCO1)OC. The summed E-state index contributed by atoms with van der Waals surface area (Å²) in [4.78, 5) is 0. The van der Waals surface area contributed by atoms with Crippen LogP contribution in [0, 0.1) is 0 Å². The lowest BCUT2D eigenvalue weighted by Gasteiger charge is -2.27. The molecule has 1 rings (SSSR count). The summed E-state index contributed by atoms with van der Waals surface area (Å²) in [5.41, 5.74) is -1.01. The van der Waals surface area contributed by atoms with Gasteiger partial charge >= 0.3 is 0 Å². The zero-order chi connectivity index (χ0) is 10.6. The Morgan fingerprint density at radius 1 is 1.57 bits per heavy atom. The highest BCUT2D eigenvalue weighted by molar-refractivity contribution is 5.11. The molecule has 0 radical (unpaired) electrons. The Hall–Kier alpha value is -0.580. The number of hydrogen-bond donors (Lipinski definition) is 1. The van der Waals surface area contributed by atoms with Crippen LogP contribution in [-0.2, 0) is 14.2 Å². The van der Waals surface area contributed by atoms with E-state index in [4.69, 9.17) is 14.2 Å². The van der Waals surface area contributed by atoms with Crippen molar-refractivity contribution in [3.05, 3.63) is 11.8 Å². The van der Waals surface area contributed by atoms with Gasteiger partial charge in [-0.15, -0.1) is 0 Å². The molecule has 1 aliphatic heterocycles. The summed E-state index contributed by atoms with van der Waals surface area (Å²) in [6, 6.07) is 0. The second-order valence-corrected chi connectivity index (χ2v) is 3.58. The fraction of sp³-hybridized carbons (Fsp3) is 0.800. The maximum atomic E-state index is 10.1. The van der Waals surface area contributed by atoms with E-state index in [1.807, 2.05) is 6.08 Å². The lowest BCUT2D eigenvalue weighted by molar-refractivity contribution is -0.139. The van der Waals surface area contributed by atoms with Crippen LogP contribution in [-0.4, -0.2) is 37.8 Å². The quantitative estimate of drug-likeness (QED) is 0.677. The van der Waals surface area contributed by atoms with E-state index in [1.54, 1.807) is 21.1 Å². The summed E-state index contributed by atoms with van der Waals surface area (Å²) in [6.07, 6.45) is 2.72. The van der Waals surface area contributed by atoms with Gasteiger partial charge in [0.1, 0.15) is 11.4 Å². The van der Waals surface area contributed by atoms with E-state index in [0.29, 0.717) is 18.8 Å². The van der Waals surface area contributed by atoms with Gasteiger partial charge in [0.2, 0.25) is 0 Å². The molecule has 0 aromatic heterocycles. The molecule has 14 heavy (non-hydrogen) atoms. The van der Waals surface area contributed by atoms with E-state index < -0.39 is 11.9 Å². The first-order valence-electron chi connectivity index (χ1n) is 4.71. The van der Waals surface area contributed by atoms with E-state index in [9.17, 15) is 5.11 Å². The van der Waals surface area contributed by atoms with Crippen LogP contribution in [0.3, 0.4) is 0 Å². The highest BCUT2D eigenvalue weighted by atomic mass is 16.7. The van der Waals surface area contributed by atoms with Crippen LogP contribution >= 0.6 is 0 Å². The molecule has 0 fully saturated rings. The Labute approximate surface area is 84.5 Å². The van der Waals surface area contributed by atoms with Crippen molar-refractivity contribution >= 4 is 0 Å². The summed E-state index contributed by atoms with van der Waals surface area (Å²) >= 11 is 0. The largest absolute Gasteiger partial charge is 0.495 e. The first kappa shape index (κ1) is 11.5. The van der Waals surface area contributed by atoms with Crippen molar-refractivity contribution in [2.45, 2.75) is 31.7 Å². The molecule has 0 aromatic carbocycles. The van der Waals surface area contributed by atoms with Crippen LogP contribution < -0.4 is 0 Å². The van der Waals surface area contributed by atoms with Crippen molar-refractivity contribution in [1.29, 1.82) is 0 Å². The Kier molecular flexibility index (Phi) is 3.92. The molecule has 0 amide bonds. The molecule has 4 heteroatoms. The molecular formula is C10H18O4. The van der Waals surface area contributed by atoms with Gasteiger partial charge in [0.15, 0.2) is 6.29 Å². The third-order valence-corrected chi connectivity index (χ3v) is 2.33. The van der Waals surface area contributed by atoms with Crippen molar-refractivity contribution in [2.24, 2.45) is 0 Å². The van der Waals surface area contributed by atoms with E-state index >= 15 is 0 Å². The third-order valence-electron chi connectivity index (χ3n) is 2.33.